The fraction of sp³-hybridized carbons (Fsp3) is 0.833. The summed E-state index contributed by atoms with van der Waals surface area (Å²) in [4.78, 5) is 24.6. The van der Waals surface area contributed by atoms with Gasteiger partial charge in [0, 0.05) is 12.6 Å². The smallest absolute Gasteiger partial charge is 0.323 e. The van der Waals surface area contributed by atoms with Crippen LogP contribution < -0.4 is 5.32 Å². The van der Waals surface area contributed by atoms with Crippen molar-refractivity contribution in [1.29, 1.82) is 0 Å². The Morgan fingerprint density at radius 3 is 2.71 bits per heavy atom. The molecule has 1 amide bonds. The normalized spacial score (nSPS) is 21.9. The molecule has 5 nitrogen and oxygen atoms in total. The summed E-state index contributed by atoms with van der Waals surface area (Å²) >= 11 is 0. The topological polar surface area (TPSA) is 69.6 Å². The van der Waals surface area contributed by atoms with Gasteiger partial charge in [-0.2, -0.15) is 0 Å². The predicted molar refractivity (Wildman–Crippen MR) is 64.7 cm³/mol. The first-order valence-electron chi connectivity index (χ1n) is 6.29. The summed E-state index contributed by atoms with van der Waals surface area (Å²) in [7, 11) is 0. The lowest BCUT2D eigenvalue weighted by Gasteiger charge is -2.32. The van der Waals surface area contributed by atoms with Crippen molar-refractivity contribution >= 4 is 11.9 Å². The van der Waals surface area contributed by atoms with Crippen LogP contribution in [-0.4, -0.2) is 47.6 Å². The minimum Gasteiger partial charge on any atom is -0.480 e. The summed E-state index contributed by atoms with van der Waals surface area (Å²) in [5, 5.41) is 12.1. The number of hydrogen-bond donors (Lipinski definition) is 2. The van der Waals surface area contributed by atoms with E-state index in [0.29, 0.717) is 6.54 Å². The third-order valence-corrected chi connectivity index (χ3v) is 3.36. The lowest BCUT2D eigenvalue weighted by molar-refractivity contribution is -0.148. The molecule has 5 heteroatoms. The maximum absolute atomic E-state index is 12.3. The summed E-state index contributed by atoms with van der Waals surface area (Å²) in [6.45, 7) is 5.30. The molecule has 2 N–H and O–H groups in total. The van der Waals surface area contributed by atoms with E-state index < -0.39 is 5.97 Å². The molecule has 0 aliphatic carbocycles. The highest BCUT2D eigenvalue weighted by atomic mass is 16.4. The van der Waals surface area contributed by atoms with Crippen molar-refractivity contribution in [2.45, 2.75) is 39.2 Å². The van der Waals surface area contributed by atoms with Crippen LogP contribution in [0.2, 0.25) is 0 Å². The molecule has 0 spiro atoms. The molecule has 0 aromatic rings. The van der Waals surface area contributed by atoms with Crippen molar-refractivity contribution in [3.05, 3.63) is 0 Å². The van der Waals surface area contributed by atoms with Gasteiger partial charge in [0.2, 0.25) is 5.91 Å². The molecule has 0 saturated carbocycles. The second kappa shape index (κ2) is 6.59. The Bertz CT molecular complexity index is 275. The molecule has 1 rings (SSSR count). The summed E-state index contributed by atoms with van der Waals surface area (Å²) in [6, 6.07) is -0.0134. The molecule has 1 aliphatic rings. The van der Waals surface area contributed by atoms with Gasteiger partial charge in [-0.25, -0.2) is 0 Å². The molecule has 2 atom stereocenters. The van der Waals surface area contributed by atoms with Crippen LogP contribution in [-0.2, 0) is 9.59 Å². The molecule has 1 saturated heterocycles. The highest BCUT2D eigenvalue weighted by Gasteiger charge is 2.29. The third kappa shape index (κ3) is 4.00. The largest absolute Gasteiger partial charge is 0.480 e. The van der Waals surface area contributed by atoms with E-state index >= 15 is 0 Å². The number of rotatable bonds is 5. The highest BCUT2D eigenvalue weighted by Crippen LogP contribution is 2.16. The summed E-state index contributed by atoms with van der Waals surface area (Å²) < 4.78 is 0. The van der Waals surface area contributed by atoms with Gasteiger partial charge in [0.25, 0.3) is 0 Å². The zero-order chi connectivity index (χ0) is 12.8. The van der Waals surface area contributed by atoms with Crippen molar-refractivity contribution in [3.8, 4) is 0 Å². The predicted octanol–water partition coefficient (Wildman–Crippen LogP) is 0.698. The highest BCUT2D eigenvalue weighted by molar-refractivity contribution is 5.83. The Hall–Kier alpha value is -1.10. The summed E-state index contributed by atoms with van der Waals surface area (Å²) in [5.74, 6) is -1.02. The van der Waals surface area contributed by atoms with Gasteiger partial charge < -0.3 is 15.3 Å². The van der Waals surface area contributed by atoms with Crippen molar-refractivity contribution < 1.29 is 14.7 Å². The number of carboxylic acids is 1. The molecular formula is C12H22N2O3. The Labute approximate surface area is 102 Å². The van der Waals surface area contributed by atoms with Crippen LogP contribution in [0.3, 0.4) is 0 Å². The molecule has 0 radical (unpaired) electrons. The zero-order valence-corrected chi connectivity index (χ0v) is 10.6. The third-order valence-electron chi connectivity index (χ3n) is 3.36. The van der Waals surface area contributed by atoms with E-state index in [1.807, 2.05) is 13.8 Å². The van der Waals surface area contributed by atoms with Crippen LogP contribution in [0.1, 0.15) is 33.1 Å². The number of carbonyl (C=O) groups is 2. The summed E-state index contributed by atoms with van der Waals surface area (Å²) in [5.41, 5.74) is 0. The lowest BCUT2D eigenvalue weighted by atomic mass is 9.97. The van der Waals surface area contributed by atoms with Crippen LogP contribution in [0.15, 0.2) is 0 Å². The Balaban J connectivity index is 2.66. The van der Waals surface area contributed by atoms with E-state index in [1.165, 1.54) is 4.90 Å². The molecule has 1 heterocycles. The van der Waals surface area contributed by atoms with Crippen molar-refractivity contribution in [3.63, 3.8) is 0 Å². The van der Waals surface area contributed by atoms with Crippen LogP contribution in [0.25, 0.3) is 0 Å². The molecule has 0 aromatic carbocycles. The van der Waals surface area contributed by atoms with Crippen molar-refractivity contribution in [1.82, 2.24) is 10.2 Å². The van der Waals surface area contributed by atoms with E-state index in [1.54, 1.807) is 0 Å². The number of piperidine rings is 1. The molecule has 98 valence electrons. The number of carbonyl (C=O) groups excluding carboxylic acids is 1. The van der Waals surface area contributed by atoms with Gasteiger partial charge in [-0.1, -0.05) is 6.92 Å². The maximum atomic E-state index is 12.3. The Morgan fingerprint density at radius 1 is 1.53 bits per heavy atom. The van der Waals surface area contributed by atoms with Crippen molar-refractivity contribution in [2.75, 3.05) is 19.6 Å². The number of carboxylic acid groups (broad SMARTS) is 1. The second-order valence-corrected chi connectivity index (χ2v) is 4.66. The van der Waals surface area contributed by atoms with Gasteiger partial charge >= 0.3 is 5.97 Å². The van der Waals surface area contributed by atoms with E-state index in [4.69, 9.17) is 5.11 Å². The average Bonchev–Trinajstić information content (AvgIpc) is 2.35. The molecule has 1 aliphatic heterocycles. The molecule has 1 fully saturated rings. The fourth-order valence-corrected chi connectivity index (χ4v) is 2.11. The first-order chi connectivity index (χ1) is 8.06. The van der Waals surface area contributed by atoms with Crippen molar-refractivity contribution in [2.24, 2.45) is 5.92 Å². The van der Waals surface area contributed by atoms with Gasteiger partial charge in [-0.15, -0.1) is 0 Å². The lowest BCUT2D eigenvalue weighted by Crippen LogP contribution is -2.48. The fourth-order valence-electron chi connectivity index (χ4n) is 2.11. The van der Waals surface area contributed by atoms with Gasteiger partial charge in [-0.3, -0.25) is 9.59 Å². The molecule has 1 unspecified atom stereocenters. The summed E-state index contributed by atoms with van der Waals surface area (Å²) in [6.07, 6.45) is 2.62. The Kier molecular flexibility index (Phi) is 5.41. The monoisotopic (exact) mass is 242 g/mol. The van der Waals surface area contributed by atoms with Crippen LogP contribution in [0.4, 0.5) is 0 Å². The van der Waals surface area contributed by atoms with E-state index in [2.05, 4.69) is 5.32 Å². The van der Waals surface area contributed by atoms with Crippen LogP contribution in [0, 0.1) is 5.92 Å². The standard InChI is InChI=1S/C12H22N2O3/c1-3-9(2)14(8-11(15)16)12(17)10-5-4-6-13-7-10/h9-10,13H,3-8H2,1-2H3,(H,15,16)/t9?,10-/m1/s1. The number of aliphatic carboxylic acids is 1. The molecule has 17 heavy (non-hydrogen) atoms. The zero-order valence-electron chi connectivity index (χ0n) is 10.6. The Morgan fingerprint density at radius 2 is 2.24 bits per heavy atom. The van der Waals surface area contributed by atoms with Crippen LogP contribution >= 0.6 is 0 Å². The van der Waals surface area contributed by atoms with Gasteiger partial charge in [-0.05, 0) is 32.7 Å². The van der Waals surface area contributed by atoms with Gasteiger partial charge in [0.15, 0.2) is 0 Å². The van der Waals surface area contributed by atoms with E-state index in [9.17, 15) is 9.59 Å². The molecule has 0 bridgehead atoms. The number of hydrogen-bond acceptors (Lipinski definition) is 3. The van der Waals surface area contributed by atoms with Gasteiger partial charge in [0.05, 0.1) is 5.92 Å². The quantitative estimate of drug-likeness (QED) is 0.744. The van der Waals surface area contributed by atoms with Gasteiger partial charge in [0.1, 0.15) is 6.54 Å². The van der Waals surface area contributed by atoms with Crippen LogP contribution in [0.5, 0.6) is 0 Å². The first-order valence-corrected chi connectivity index (χ1v) is 6.29. The molecule has 0 aromatic heterocycles. The number of nitrogens with zero attached hydrogens (tertiary/aromatic N) is 1. The molecular weight excluding hydrogens is 220 g/mol. The first kappa shape index (κ1) is 14.0. The minimum atomic E-state index is -0.942. The minimum absolute atomic E-state index is 0.0134. The average molecular weight is 242 g/mol. The van der Waals surface area contributed by atoms with E-state index in [-0.39, 0.29) is 24.4 Å². The maximum Gasteiger partial charge on any atom is 0.323 e. The second-order valence-electron chi connectivity index (χ2n) is 4.66. The number of nitrogens with one attached hydrogen (secondary N) is 1. The number of amides is 1. The SMILES string of the molecule is CCC(C)N(CC(=O)O)C(=O)[C@@H]1CCCNC1. The van der Waals surface area contributed by atoms with E-state index in [0.717, 1.165) is 25.8 Å².